The van der Waals surface area contributed by atoms with E-state index in [-0.39, 0.29) is 32.8 Å². The molecule has 3 aliphatic carbocycles. The van der Waals surface area contributed by atoms with Crippen molar-refractivity contribution in [1.29, 1.82) is 0 Å². The number of phenols is 1. The highest BCUT2D eigenvalue weighted by Gasteiger charge is 2.63. The van der Waals surface area contributed by atoms with Gasteiger partial charge in [-0.2, -0.15) is 0 Å². The molecule has 0 atom stereocenters. The van der Waals surface area contributed by atoms with Gasteiger partial charge in [-0.1, -0.05) is 116 Å². The molecule has 9 rings (SSSR count). The lowest BCUT2D eigenvalue weighted by Crippen LogP contribution is -2.48. The number of phenolic OH excluding ortho intramolecular Hbond substituents is 1. The highest BCUT2D eigenvalue weighted by atomic mass is 16.5. The van der Waals surface area contributed by atoms with Gasteiger partial charge in [-0.25, -0.2) is 4.98 Å². The van der Waals surface area contributed by atoms with E-state index in [1.807, 2.05) is 48.7 Å². The fraction of sp³-hybridized carbons (Fsp3) is 0.373. The molecule has 1 spiro atoms. The van der Waals surface area contributed by atoms with Crippen LogP contribution in [0.25, 0.3) is 33.3 Å². The van der Waals surface area contributed by atoms with E-state index in [0.29, 0.717) is 11.8 Å². The van der Waals surface area contributed by atoms with Crippen molar-refractivity contribution in [2.45, 2.75) is 104 Å². The Labute approximate surface area is 327 Å². The van der Waals surface area contributed by atoms with Crippen LogP contribution in [0.2, 0.25) is 0 Å². The van der Waals surface area contributed by atoms with Crippen molar-refractivity contribution < 1.29 is 9.84 Å². The number of aromatic nitrogens is 2. The van der Waals surface area contributed by atoms with E-state index in [1.165, 1.54) is 39.6 Å². The van der Waals surface area contributed by atoms with Gasteiger partial charge in [0, 0.05) is 23.2 Å². The summed E-state index contributed by atoms with van der Waals surface area (Å²) in [6, 6.07) is 36.1. The van der Waals surface area contributed by atoms with Crippen molar-refractivity contribution in [3.8, 4) is 39.9 Å². The number of fused-ring (bicyclic) bond motifs is 3. The summed E-state index contributed by atoms with van der Waals surface area (Å²) in [6.07, 6.45) is 7.41. The highest BCUT2D eigenvalue weighted by molar-refractivity contribution is 5.95. The Kier molecular flexibility index (Phi) is 7.97. The Hall–Kier alpha value is -4.96. The first kappa shape index (κ1) is 35.7. The molecule has 2 aromatic heterocycles. The van der Waals surface area contributed by atoms with Crippen LogP contribution in [-0.4, -0.2) is 15.1 Å². The smallest absolute Gasteiger partial charge is 0.219 e. The number of rotatable bonds is 5. The molecule has 0 saturated heterocycles. The average Bonchev–Trinajstić information content (AvgIpc) is 3.58. The van der Waals surface area contributed by atoms with Gasteiger partial charge in [0.05, 0.1) is 11.4 Å². The van der Waals surface area contributed by atoms with Crippen LogP contribution in [0.5, 0.6) is 17.4 Å². The fourth-order valence-corrected chi connectivity index (χ4v) is 11.9. The van der Waals surface area contributed by atoms with Gasteiger partial charge in [0.1, 0.15) is 11.5 Å². The second kappa shape index (κ2) is 12.3. The van der Waals surface area contributed by atoms with E-state index in [2.05, 4.69) is 110 Å². The van der Waals surface area contributed by atoms with E-state index in [1.54, 1.807) is 6.07 Å². The molecule has 55 heavy (non-hydrogen) atoms. The van der Waals surface area contributed by atoms with Gasteiger partial charge in [-0.05, 0) is 140 Å². The topological polar surface area (TPSA) is 55.2 Å². The molecule has 2 heterocycles. The van der Waals surface area contributed by atoms with Gasteiger partial charge in [0.25, 0.3) is 0 Å². The number of hydrogen-bond donors (Lipinski definition) is 1. The Morgan fingerprint density at radius 1 is 0.673 bits per heavy atom. The molecule has 0 bridgehead atoms. The van der Waals surface area contributed by atoms with Crippen LogP contribution < -0.4 is 4.74 Å². The van der Waals surface area contributed by atoms with Crippen LogP contribution >= 0.6 is 0 Å². The normalized spacial score (nSPS) is 20.0. The van der Waals surface area contributed by atoms with E-state index in [4.69, 9.17) is 14.7 Å². The van der Waals surface area contributed by atoms with Crippen LogP contribution in [0.3, 0.4) is 0 Å². The van der Waals surface area contributed by atoms with Crippen LogP contribution in [0.15, 0.2) is 109 Å². The third-order valence-corrected chi connectivity index (χ3v) is 14.1. The third kappa shape index (κ3) is 5.78. The zero-order valence-corrected chi connectivity index (χ0v) is 33.8. The summed E-state index contributed by atoms with van der Waals surface area (Å²) in [7, 11) is 0. The molecular weight excluding hydrogens is 673 g/mol. The number of benzene rings is 4. The zero-order chi connectivity index (χ0) is 38.5. The Morgan fingerprint density at radius 3 is 2.02 bits per heavy atom. The first-order valence-corrected chi connectivity index (χ1v) is 20.2. The molecule has 0 unspecified atom stereocenters. The maximum atomic E-state index is 10.9. The summed E-state index contributed by atoms with van der Waals surface area (Å²) in [5.41, 5.74) is 11.1. The van der Waals surface area contributed by atoms with Gasteiger partial charge >= 0.3 is 0 Å². The van der Waals surface area contributed by atoms with Gasteiger partial charge in [0.15, 0.2) is 0 Å². The van der Waals surface area contributed by atoms with Crippen LogP contribution in [0.4, 0.5) is 0 Å². The van der Waals surface area contributed by atoms with Crippen LogP contribution in [-0.2, 0) is 23.7 Å². The first-order valence-electron chi connectivity index (χ1n) is 20.2. The molecule has 4 aromatic carbocycles. The van der Waals surface area contributed by atoms with Crippen molar-refractivity contribution in [2.75, 3.05) is 0 Å². The minimum Gasteiger partial charge on any atom is -0.507 e. The number of nitrogens with zero attached hydrogens (tertiary/aromatic N) is 2. The molecule has 0 aliphatic heterocycles. The van der Waals surface area contributed by atoms with Gasteiger partial charge in [0.2, 0.25) is 5.88 Å². The number of ether oxygens (including phenoxy) is 1. The summed E-state index contributed by atoms with van der Waals surface area (Å²) >= 11 is 0. The van der Waals surface area contributed by atoms with Gasteiger partial charge in [-0.3, -0.25) is 4.98 Å². The van der Waals surface area contributed by atoms with Crippen molar-refractivity contribution in [1.82, 2.24) is 9.97 Å². The predicted octanol–water partition coefficient (Wildman–Crippen LogP) is 13.1. The van der Waals surface area contributed by atoms with E-state index in [0.717, 1.165) is 59.3 Å². The monoisotopic (exact) mass is 726 g/mol. The molecular formula is C51H54N2O2. The summed E-state index contributed by atoms with van der Waals surface area (Å²) in [5, 5.41) is 13.2. The van der Waals surface area contributed by atoms with E-state index in [9.17, 15) is 5.11 Å². The Bertz CT molecular complexity index is 2440. The third-order valence-electron chi connectivity index (χ3n) is 14.1. The summed E-state index contributed by atoms with van der Waals surface area (Å²) < 4.78 is 6.68. The first-order chi connectivity index (χ1) is 26.1. The molecule has 4 heteroatoms. The fourth-order valence-electron chi connectivity index (χ4n) is 11.9. The molecule has 0 radical (unpaired) electrons. The minimum atomic E-state index is 0.0342. The lowest BCUT2D eigenvalue weighted by Gasteiger charge is -2.47. The highest BCUT2D eigenvalue weighted by Crippen LogP contribution is 2.67. The van der Waals surface area contributed by atoms with Crippen molar-refractivity contribution >= 4 is 10.8 Å². The van der Waals surface area contributed by atoms with Crippen molar-refractivity contribution in [3.63, 3.8) is 0 Å². The van der Waals surface area contributed by atoms with Crippen molar-refractivity contribution in [2.24, 2.45) is 16.2 Å². The maximum Gasteiger partial charge on any atom is 0.219 e. The number of aromatic hydroxyl groups is 1. The maximum absolute atomic E-state index is 10.9. The summed E-state index contributed by atoms with van der Waals surface area (Å²) in [5.74, 6) is 1.88. The lowest BCUT2D eigenvalue weighted by atomic mass is 9.55. The van der Waals surface area contributed by atoms with Crippen molar-refractivity contribution in [3.05, 3.63) is 137 Å². The van der Waals surface area contributed by atoms with Crippen LogP contribution in [0.1, 0.15) is 108 Å². The van der Waals surface area contributed by atoms with Gasteiger partial charge in [-0.15, -0.1) is 0 Å². The largest absolute Gasteiger partial charge is 0.507 e. The molecule has 1 fully saturated rings. The summed E-state index contributed by atoms with van der Waals surface area (Å²) in [6.45, 7) is 19.4. The van der Waals surface area contributed by atoms with Gasteiger partial charge < -0.3 is 9.84 Å². The molecule has 280 valence electrons. The second-order valence-electron chi connectivity index (χ2n) is 19.6. The van der Waals surface area contributed by atoms with E-state index >= 15 is 0 Å². The predicted molar refractivity (Wildman–Crippen MR) is 225 cm³/mol. The van der Waals surface area contributed by atoms with E-state index < -0.39 is 0 Å². The average molecular weight is 727 g/mol. The number of hydrogen-bond acceptors (Lipinski definition) is 4. The standard InChI is InChI=1S/C51H54N2O2/c1-47(2)27-37(28-48(3,4)31-47)33-23-34(39-14-9-12-18-44(39)54)25-38(24-33)55-45-19-13-17-43(53-45)46-40-26-36-30-51(29-35(36)22-32(40)20-21-52-46)49(5,6)41-15-10-11-16-42(41)50(51,7)8/h9-26,37,54H,27-31H2,1-8H3. The zero-order valence-electron chi connectivity index (χ0n) is 33.8. The summed E-state index contributed by atoms with van der Waals surface area (Å²) in [4.78, 5) is 10.0. The second-order valence-corrected chi connectivity index (χ2v) is 19.6. The number of pyridine rings is 2. The van der Waals surface area contributed by atoms with Crippen LogP contribution in [0, 0.1) is 16.2 Å². The molecule has 3 aliphatic rings. The molecule has 0 amide bonds. The molecule has 4 nitrogen and oxygen atoms in total. The Balaban J connectivity index is 1.08. The molecule has 1 saturated carbocycles. The molecule has 6 aromatic rings. The minimum absolute atomic E-state index is 0.0342. The lowest BCUT2D eigenvalue weighted by molar-refractivity contribution is 0.0889. The SMILES string of the molecule is CC1(C)CC(c2cc(Oc3cccc(-c4nccc5cc6c(cc45)CC4(C6)C(C)(C)c5ccccc5C4(C)C)n3)cc(-c3ccccc3O)c2)CC(C)(C)C1. The quantitative estimate of drug-likeness (QED) is 0.192. The Morgan fingerprint density at radius 2 is 1.33 bits per heavy atom. The molecule has 1 N–H and O–H groups in total. The number of para-hydroxylation sites is 1.